The van der Waals surface area contributed by atoms with Crippen molar-refractivity contribution in [2.24, 2.45) is 16.6 Å². The zero-order chi connectivity index (χ0) is 22.4. The van der Waals surface area contributed by atoms with Gasteiger partial charge in [0.1, 0.15) is 12.4 Å². The van der Waals surface area contributed by atoms with Gasteiger partial charge in [-0.3, -0.25) is 9.59 Å². The maximum absolute atomic E-state index is 12.5. The zero-order valence-corrected chi connectivity index (χ0v) is 18.8. The Morgan fingerprint density at radius 2 is 1.80 bits per heavy atom. The van der Waals surface area contributed by atoms with Crippen molar-refractivity contribution in [2.75, 3.05) is 18.1 Å². The molecule has 2 amide bonds. The Morgan fingerprint density at radius 3 is 2.40 bits per heavy atom. The predicted octanol–water partition coefficient (Wildman–Crippen LogP) is 4.79. The Morgan fingerprint density at radius 1 is 1.13 bits per heavy atom. The van der Waals surface area contributed by atoms with Crippen molar-refractivity contribution in [3.05, 3.63) is 60.2 Å². The van der Waals surface area contributed by atoms with E-state index in [1.54, 1.807) is 11.8 Å². The molecule has 0 spiro atoms. The Bertz CT molecular complexity index is 850. The highest BCUT2D eigenvalue weighted by Crippen LogP contribution is 2.34. The minimum atomic E-state index is -0.750. The molecule has 1 aliphatic carbocycles. The van der Waals surface area contributed by atoms with Crippen LogP contribution in [0.4, 0.5) is 5.69 Å². The molecular formula is C25H34N2O3. The van der Waals surface area contributed by atoms with E-state index in [1.807, 2.05) is 38.1 Å². The number of hydrogen-bond donors (Lipinski definition) is 1. The molecule has 2 N–H and O–H groups in total. The second-order valence-corrected chi connectivity index (χ2v) is 8.44. The summed E-state index contributed by atoms with van der Waals surface area (Å²) in [7, 11) is 0. The Labute approximate surface area is 180 Å². The van der Waals surface area contributed by atoms with Gasteiger partial charge in [-0.15, -0.1) is 0 Å². The van der Waals surface area contributed by atoms with Gasteiger partial charge in [0.05, 0.1) is 5.41 Å². The maximum Gasteiger partial charge on any atom is 0.228 e. The molecule has 0 bridgehead atoms. The van der Waals surface area contributed by atoms with E-state index in [9.17, 15) is 9.59 Å². The van der Waals surface area contributed by atoms with Crippen molar-refractivity contribution in [1.29, 1.82) is 0 Å². The fraction of sp³-hybridized carbons (Fsp3) is 0.440. The van der Waals surface area contributed by atoms with Gasteiger partial charge < -0.3 is 15.4 Å². The lowest BCUT2D eigenvalue weighted by Crippen LogP contribution is -2.48. The van der Waals surface area contributed by atoms with Crippen LogP contribution < -0.4 is 15.4 Å². The molecule has 0 aromatic heterocycles. The van der Waals surface area contributed by atoms with Crippen molar-refractivity contribution >= 4 is 17.5 Å². The topological polar surface area (TPSA) is 72.6 Å². The lowest BCUT2D eigenvalue weighted by Gasteiger charge is -2.36. The van der Waals surface area contributed by atoms with Crippen molar-refractivity contribution in [3.8, 4) is 5.75 Å². The van der Waals surface area contributed by atoms with Crippen LogP contribution in [0.3, 0.4) is 0 Å². The van der Waals surface area contributed by atoms with Crippen LogP contribution in [0.2, 0.25) is 0 Å². The first-order valence-electron chi connectivity index (χ1n) is 10.6. The van der Waals surface area contributed by atoms with E-state index in [0.717, 1.165) is 17.0 Å². The van der Waals surface area contributed by atoms with Gasteiger partial charge in [-0.25, -0.2) is 0 Å². The maximum atomic E-state index is 12.5. The molecule has 162 valence electrons. The highest BCUT2D eigenvalue weighted by molar-refractivity contribution is 5.98. The van der Waals surface area contributed by atoms with Crippen LogP contribution in [0.5, 0.6) is 5.75 Å². The van der Waals surface area contributed by atoms with E-state index in [0.29, 0.717) is 19.6 Å². The molecule has 1 atom stereocenters. The molecule has 1 fully saturated rings. The van der Waals surface area contributed by atoms with Crippen LogP contribution >= 0.6 is 0 Å². The number of allylic oxidation sites excluding steroid dienone is 4. The number of benzene rings is 1. The fourth-order valence-electron chi connectivity index (χ4n) is 3.32. The molecule has 1 aromatic rings. The number of nitrogens with zero attached hydrogens (tertiary/aromatic N) is 1. The lowest BCUT2D eigenvalue weighted by molar-refractivity contribution is -0.134. The van der Waals surface area contributed by atoms with Crippen LogP contribution in [-0.2, 0) is 9.59 Å². The van der Waals surface area contributed by atoms with E-state index in [4.69, 9.17) is 10.5 Å². The van der Waals surface area contributed by atoms with Crippen LogP contribution in [0.1, 0.15) is 47.5 Å². The summed E-state index contributed by atoms with van der Waals surface area (Å²) in [5, 5.41) is 0. The number of hydrogen-bond acceptors (Lipinski definition) is 3. The number of rotatable bonds is 5. The predicted molar refractivity (Wildman–Crippen MR) is 122 cm³/mol. The molecule has 3 rings (SSSR count). The Kier molecular flexibility index (Phi) is 7.65. The van der Waals surface area contributed by atoms with Crippen LogP contribution in [0.15, 0.2) is 60.2 Å². The fourth-order valence-corrected chi connectivity index (χ4v) is 3.32. The molecule has 1 aromatic carbocycles. The molecule has 0 saturated carbocycles. The first kappa shape index (κ1) is 23.5. The number of carbonyl (C=O) groups excluding carboxylic acids is 2. The van der Waals surface area contributed by atoms with Gasteiger partial charge in [-0.2, -0.15) is 0 Å². The standard InChI is InChI=1S/C23H28N2O3.C2H6/c1-22(2)11-4-5-17(10-12-22)16-28-19-8-6-18(7-9-19)25-14-13-23(3,21(24)27)15-20(25)26;1-2/h4-12H,13-16H2,1-3H3,(H2,24,27);1-2H3. The number of piperidine rings is 1. The summed E-state index contributed by atoms with van der Waals surface area (Å²) in [6.45, 7) is 11.0. The largest absolute Gasteiger partial charge is 0.489 e. The van der Waals surface area contributed by atoms with Gasteiger partial charge in [-0.05, 0) is 36.3 Å². The molecule has 1 unspecified atom stereocenters. The summed E-state index contributed by atoms with van der Waals surface area (Å²) < 4.78 is 5.88. The van der Waals surface area contributed by atoms with Gasteiger partial charge in [0.25, 0.3) is 0 Å². The second-order valence-electron chi connectivity index (χ2n) is 8.44. The number of carbonyl (C=O) groups is 2. The van der Waals surface area contributed by atoms with E-state index in [-0.39, 0.29) is 17.7 Å². The molecular weight excluding hydrogens is 376 g/mol. The first-order chi connectivity index (χ1) is 14.2. The monoisotopic (exact) mass is 410 g/mol. The van der Waals surface area contributed by atoms with Crippen molar-refractivity contribution < 1.29 is 14.3 Å². The third-order valence-electron chi connectivity index (χ3n) is 5.44. The summed E-state index contributed by atoms with van der Waals surface area (Å²) in [5.41, 5.74) is 6.65. The SMILES string of the molecule is CC.CC1(C)C=CC=C(COc2ccc(N3CCC(C)(C(N)=O)CC3=O)cc2)C=C1. The van der Waals surface area contributed by atoms with Gasteiger partial charge in [0.15, 0.2) is 0 Å². The van der Waals surface area contributed by atoms with Gasteiger partial charge >= 0.3 is 0 Å². The molecule has 5 nitrogen and oxygen atoms in total. The summed E-state index contributed by atoms with van der Waals surface area (Å²) in [6, 6.07) is 7.48. The smallest absolute Gasteiger partial charge is 0.228 e. The molecule has 1 heterocycles. The second kappa shape index (κ2) is 9.79. The van der Waals surface area contributed by atoms with Gasteiger partial charge in [-0.1, -0.05) is 65.0 Å². The van der Waals surface area contributed by atoms with Gasteiger partial charge in [0.2, 0.25) is 11.8 Å². The summed E-state index contributed by atoms with van der Waals surface area (Å²) in [5.74, 6) is 0.255. The minimum Gasteiger partial charge on any atom is -0.489 e. The third kappa shape index (κ3) is 5.85. The Balaban J connectivity index is 0.00000155. The average Bonchev–Trinajstić information content (AvgIpc) is 2.89. The first-order valence-corrected chi connectivity index (χ1v) is 10.6. The molecule has 2 aliphatic rings. The zero-order valence-electron chi connectivity index (χ0n) is 18.8. The average molecular weight is 411 g/mol. The van der Waals surface area contributed by atoms with E-state index in [2.05, 4.69) is 44.2 Å². The van der Waals surface area contributed by atoms with Crippen LogP contribution in [0.25, 0.3) is 0 Å². The quantitative estimate of drug-likeness (QED) is 0.759. The highest BCUT2D eigenvalue weighted by atomic mass is 16.5. The highest BCUT2D eigenvalue weighted by Gasteiger charge is 2.40. The number of ether oxygens (including phenoxy) is 1. The number of primary amides is 1. The van der Waals surface area contributed by atoms with E-state index >= 15 is 0 Å². The number of amides is 2. The number of anilines is 1. The lowest BCUT2D eigenvalue weighted by atomic mass is 9.79. The summed E-state index contributed by atoms with van der Waals surface area (Å²) >= 11 is 0. The third-order valence-corrected chi connectivity index (χ3v) is 5.44. The summed E-state index contributed by atoms with van der Waals surface area (Å²) in [4.78, 5) is 25.8. The summed E-state index contributed by atoms with van der Waals surface area (Å²) in [6.07, 6.45) is 11.2. The molecule has 0 radical (unpaired) electrons. The van der Waals surface area contributed by atoms with Crippen molar-refractivity contribution in [1.82, 2.24) is 0 Å². The number of nitrogens with two attached hydrogens (primary N) is 1. The van der Waals surface area contributed by atoms with Crippen LogP contribution in [-0.4, -0.2) is 25.0 Å². The molecule has 1 aliphatic heterocycles. The van der Waals surface area contributed by atoms with Crippen molar-refractivity contribution in [3.63, 3.8) is 0 Å². The van der Waals surface area contributed by atoms with Crippen LogP contribution in [0, 0.1) is 10.8 Å². The normalized spacial score (nSPS) is 22.5. The van der Waals surface area contributed by atoms with Crippen molar-refractivity contribution in [2.45, 2.75) is 47.5 Å². The molecule has 5 heteroatoms. The molecule has 30 heavy (non-hydrogen) atoms. The van der Waals surface area contributed by atoms with E-state index < -0.39 is 11.3 Å². The Hall–Kier alpha value is -2.82. The molecule has 1 saturated heterocycles. The van der Waals surface area contributed by atoms with Gasteiger partial charge in [0, 0.05) is 24.1 Å². The van der Waals surface area contributed by atoms with E-state index in [1.165, 1.54) is 0 Å². The minimum absolute atomic E-state index is 0.0471.